The molecular weight excluding hydrogens is 169 g/mol. The molecule has 0 radical (unpaired) electrons. The van der Waals surface area contributed by atoms with Crippen LogP contribution in [0.2, 0.25) is 0 Å². The largest absolute Gasteiger partial charge is 0.318 e. The molecular formula is C5H8NO4P. The second kappa shape index (κ2) is 3.15. The minimum atomic E-state index is -2.62. The molecule has 6 heteroatoms. The highest BCUT2D eigenvalue weighted by molar-refractivity contribution is 7.38. The summed E-state index contributed by atoms with van der Waals surface area (Å²) in [4.78, 5) is 21.7. The average Bonchev–Trinajstić information content (AvgIpc) is 2.30. The van der Waals surface area contributed by atoms with Gasteiger partial charge in [0.25, 0.3) is 8.18 Å². The minimum Gasteiger partial charge on any atom is -0.318 e. The van der Waals surface area contributed by atoms with Gasteiger partial charge in [0.2, 0.25) is 11.8 Å². The maximum absolute atomic E-state index is 10.9. The zero-order chi connectivity index (χ0) is 8.43. The molecule has 0 aliphatic carbocycles. The van der Waals surface area contributed by atoms with Crippen LogP contribution in [0.15, 0.2) is 0 Å². The molecule has 11 heavy (non-hydrogen) atoms. The van der Waals surface area contributed by atoms with Crippen molar-refractivity contribution in [3.8, 4) is 0 Å². The van der Waals surface area contributed by atoms with Crippen LogP contribution < -0.4 is 0 Å². The van der Waals surface area contributed by atoms with Crippen LogP contribution in [0.5, 0.6) is 0 Å². The lowest BCUT2D eigenvalue weighted by Crippen LogP contribution is -2.21. The highest BCUT2D eigenvalue weighted by Gasteiger charge is 2.32. The zero-order valence-electron chi connectivity index (χ0n) is 5.99. The Morgan fingerprint density at radius 2 is 1.82 bits per heavy atom. The molecule has 0 aromatic carbocycles. The van der Waals surface area contributed by atoms with Gasteiger partial charge in [-0.15, -0.1) is 0 Å². The minimum absolute atomic E-state index is 0.151. The lowest BCUT2D eigenvalue weighted by atomic mass is 10.4. The summed E-state index contributed by atoms with van der Waals surface area (Å²) < 4.78 is 16.0. The summed E-state index contributed by atoms with van der Waals surface area (Å²) in [6.45, 7) is 0. The maximum atomic E-state index is 10.9. The molecule has 1 aliphatic rings. The monoisotopic (exact) mass is 177 g/mol. The highest BCUT2D eigenvalue weighted by Crippen LogP contribution is 2.32. The van der Waals surface area contributed by atoms with Crippen LogP contribution in [0, 0.1) is 0 Å². The fraction of sp³-hybridized carbons (Fsp3) is 0.600. The Morgan fingerprint density at radius 3 is 2.18 bits per heavy atom. The van der Waals surface area contributed by atoms with Crippen molar-refractivity contribution >= 4 is 20.0 Å². The molecule has 0 N–H and O–H groups in total. The predicted octanol–water partition coefficient (Wildman–Crippen LogP) is 0.171. The van der Waals surface area contributed by atoms with E-state index < -0.39 is 20.0 Å². The van der Waals surface area contributed by atoms with Gasteiger partial charge in [0.15, 0.2) is 0 Å². The lowest BCUT2D eigenvalue weighted by molar-refractivity contribution is -0.132. The van der Waals surface area contributed by atoms with Gasteiger partial charge >= 0.3 is 0 Å². The Labute approximate surface area is 64.2 Å². The second-order valence-corrected chi connectivity index (χ2v) is 3.48. The van der Waals surface area contributed by atoms with Crippen LogP contribution in [-0.4, -0.2) is 23.6 Å². The molecule has 1 unspecified atom stereocenters. The number of carbonyl (C=O) groups excluding carboxylic acids is 2. The average molecular weight is 177 g/mol. The van der Waals surface area contributed by atoms with E-state index in [2.05, 4.69) is 4.52 Å². The van der Waals surface area contributed by atoms with Gasteiger partial charge in [-0.3, -0.25) is 14.2 Å². The molecule has 1 atom stereocenters. The predicted molar refractivity (Wildman–Crippen MR) is 37.1 cm³/mol. The number of imide groups is 1. The molecule has 0 spiro atoms. The first-order chi connectivity index (χ1) is 5.16. The van der Waals surface area contributed by atoms with Gasteiger partial charge in [-0.25, -0.2) is 4.67 Å². The molecule has 1 saturated heterocycles. The third-order valence-electron chi connectivity index (χ3n) is 1.41. The van der Waals surface area contributed by atoms with Crippen molar-refractivity contribution < 1.29 is 18.7 Å². The smallest absolute Gasteiger partial charge is 0.293 e. The van der Waals surface area contributed by atoms with Crippen molar-refractivity contribution in [1.82, 2.24) is 4.67 Å². The Kier molecular flexibility index (Phi) is 2.42. The molecule has 1 heterocycles. The summed E-state index contributed by atoms with van der Waals surface area (Å²) in [5.74, 6) is -0.804. The Bertz CT molecular complexity index is 211. The Balaban J connectivity index is 2.76. The van der Waals surface area contributed by atoms with E-state index in [4.69, 9.17) is 0 Å². The SMILES string of the molecule is CO[PH](=O)N1C(=O)CCC1=O. The molecule has 0 aromatic rings. The molecule has 1 fully saturated rings. The van der Waals surface area contributed by atoms with Gasteiger partial charge < -0.3 is 4.52 Å². The standard InChI is InChI=1S/C5H8NO4P/c1-10-11(9)6-4(7)2-3-5(6)8/h11H,2-3H2,1H3. The highest BCUT2D eigenvalue weighted by atomic mass is 31.1. The van der Waals surface area contributed by atoms with Gasteiger partial charge in [0, 0.05) is 20.0 Å². The van der Waals surface area contributed by atoms with Crippen LogP contribution in [0.25, 0.3) is 0 Å². The summed E-state index contributed by atoms with van der Waals surface area (Å²) in [5.41, 5.74) is 0. The van der Waals surface area contributed by atoms with Crippen LogP contribution in [0.3, 0.4) is 0 Å². The fourth-order valence-electron chi connectivity index (χ4n) is 0.871. The molecule has 0 bridgehead atoms. The van der Waals surface area contributed by atoms with Crippen molar-refractivity contribution in [2.75, 3.05) is 7.11 Å². The zero-order valence-corrected chi connectivity index (χ0v) is 6.99. The molecule has 1 aliphatic heterocycles. The number of nitrogens with zero attached hydrogens (tertiary/aromatic N) is 1. The van der Waals surface area contributed by atoms with E-state index in [1.807, 2.05) is 0 Å². The summed E-state index contributed by atoms with van der Waals surface area (Å²) in [6.07, 6.45) is 0.303. The second-order valence-electron chi connectivity index (χ2n) is 2.09. The third kappa shape index (κ3) is 1.49. The molecule has 0 aromatic heterocycles. The van der Waals surface area contributed by atoms with Gasteiger partial charge in [0.05, 0.1) is 0 Å². The van der Waals surface area contributed by atoms with E-state index >= 15 is 0 Å². The number of hydrogen-bond acceptors (Lipinski definition) is 4. The molecule has 5 nitrogen and oxygen atoms in total. The van der Waals surface area contributed by atoms with Crippen LogP contribution in [0.1, 0.15) is 12.8 Å². The summed E-state index contributed by atoms with van der Waals surface area (Å²) in [6, 6.07) is 0. The van der Waals surface area contributed by atoms with Crippen molar-refractivity contribution in [2.45, 2.75) is 12.8 Å². The van der Waals surface area contributed by atoms with Crippen molar-refractivity contribution in [3.05, 3.63) is 0 Å². The molecule has 62 valence electrons. The summed E-state index contributed by atoms with van der Waals surface area (Å²) in [7, 11) is -1.41. The van der Waals surface area contributed by atoms with Crippen molar-refractivity contribution in [2.24, 2.45) is 0 Å². The first-order valence-electron chi connectivity index (χ1n) is 3.10. The third-order valence-corrected chi connectivity index (χ3v) is 2.62. The van der Waals surface area contributed by atoms with Crippen molar-refractivity contribution in [3.63, 3.8) is 0 Å². The maximum Gasteiger partial charge on any atom is 0.293 e. The van der Waals surface area contributed by atoms with Crippen molar-refractivity contribution in [1.29, 1.82) is 0 Å². The lowest BCUT2D eigenvalue weighted by Gasteiger charge is -2.10. The number of carbonyl (C=O) groups is 2. The van der Waals surface area contributed by atoms with Gasteiger partial charge in [-0.05, 0) is 0 Å². The van der Waals surface area contributed by atoms with Crippen LogP contribution in [-0.2, 0) is 18.7 Å². The summed E-state index contributed by atoms with van der Waals surface area (Å²) >= 11 is 0. The first-order valence-corrected chi connectivity index (χ1v) is 4.37. The quantitative estimate of drug-likeness (QED) is 0.445. The van der Waals surface area contributed by atoms with E-state index in [0.29, 0.717) is 4.67 Å². The van der Waals surface area contributed by atoms with E-state index in [0.717, 1.165) is 0 Å². The fourth-order valence-corrected chi connectivity index (χ4v) is 1.68. The van der Waals surface area contributed by atoms with Gasteiger partial charge in [0.1, 0.15) is 0 Å². The number of rotatable bonds is 2. The van der Waals surface area contributed by atoms with Gasteiger partial charge in [-0.1, -0.05) is 0 Å². The van der Waals surface area contributed by atoms with E-state index in [9.17, 15) is 14.2 Å². The molecule has 2 amide bonds. The number of hydrogen-bond donors (Lipinski definition) is 0. The number of amides is 2. The van der Waals surface area contributed by atoms with E-state index in [-0.39, 0.29) is 12.8 Å². The van der Waals surface area contributed by atoms with E-state index in [1.165, 1.54) is 7.11 Å². The van der Waals surface area contributed by atoms with E-state index in [1.54, 1.807) is 0 Å². The topological polar surface area (TPSA) is 63.7 Å². The van der Waals surface area contributed by atoms with Crippen LogP contribution >= 0.6 is 8.18 Å². The first kappa shape index (κ1) is 8.43. The van der Waals surface area contributed by atoms with Gasteiger partial charge in [-0.2, -0.15) is 0 Å². The Hall–Kier alpha value is -0.670. The normalized spacial score (nSPS) is 21.0. The summed E-state index contributed by atoms with van der Waals surface area (Å²) in [5, 5.41) is 0. The van der Waals surface area contributed by atoms with Crippen LogP contribution in [0.4, 0.5) is 0 Å². The molecule has 1 rings (SSSR count). The molecule has 0 saturated carbocycles. The Morgan fingerprint density at radius 1 is 1.36 bits per heavy atom.